The van der Waals surface area contributed by atoms with E-state index in [1.165, 1.54) is 7.14 Å². The molecule has 10 heavy (non-hydrogen) atoms. The molecule has 50 valence electrons. The molecule has 0 spiro atoms. The molecule has 0 aliphatic rings. The second-order valence-corrected chi connectivity index (χ2v) is 4.29. The lowest BCUT2D eigenvalue weighted by molar-refractivity contribution is 1.55. The van der Waals surface area contributed by atoms with E-state index in [1.807, 2.05) is 12.1 Å². The predicted molar refractivity (Wildman–Crippen MR) is 59.8 cm³/mol. The second kappa shape index (κ2) is 3.58. The van der Waals surface area contributed by atoms with Crippen molar-refractivity contribution in [2.45, 2.75) is 0 Å². The summed E-state index contributed by atoms with van der Waals surface area (Å²) in [5.74, 6) is 2.60. The molecule has 0 saturated carbocycles. The molecule has 1 aromatic carbocycles. The Hall–Kier alpha value is 0.240. The van der Waals surface area contributed by atoms with E-state index < -0.39 is 0 Å². The van der Waals surface area contributed by atoms with E-state index in [0.29, 0.717) is 0 Å². The van der Waals surface area contributed by atoms with E-state index in [2.05, 4.69) is 57.2 Å². The van der Waals surface area contributed by atoms with Crippen molar-refractivity contribution in [1.29, 1.82) is 0 Å². The molecule has 0 atom stereocenters. The van der Waals surface area contributed by atoms with Crippen molar-refractivity contribution in [2.75, 3.05) is 0 Å². The molecule has 0 aromatic heterocycles. The number of hydrogen-bond acceptors (Lipinski definition) is 0. The van der Waals surface area contributed by atoms with E-state index in [4.69, 9.17) is 6.42 Å². The zero-order chi connectivity index (χ0) is 7.56. The fourth-order valence-electron chi connectivity index (χ4n) is 0.637. The monoisotopic (exact) mass is 354 g/mol. The van der Waals surface area contributed by atoms with Gasteiger partial charge in [-0.05, 0) is 63.4 Å². The first-order valence-corrected chi connectivity index (χ1v) is 4.81. The fraction of sp³-hybridized carbons (Fsp3) is 0. The highest BCUT2D eigenvalue weighted by molar-refractivity contribution is 14.1. The van der Waals surface area contributed by atoms with E-state index in [1.54, 1.807) is 0 Å². The van der Waals surface area contributed by atoms with Crippen LogP contribution in [0.15, 0.2) is 18.2 Å². The molecule has 0 unspecified atom stereocenters. The SMILES string of the molecule is C#Cc1cc(I)cc(I)c1. The summed E-state index contributed by atoms with van der Waals surface area (Å²) >= 11 is 4.51. The Morgan fingerprint density at radius 2 is 1.60 bits per heavy atom. The van der Waals surface area contributed by atoms with Gasteiger partial charge in [0.1, 0.15) is 0 Å². The van der Waals surface area contributed by atoms with Crippen molar-refractivity contribution in [2.24, 2.45) is 0 Å². The van der Waals surface area contributed by atoms with Crippen LogP contribution in [0.25, 0.3) is 0 Å². The smallest absolute Gasteiger partial charge is 0.0263 e. The van der Waals surface area contributed by atoms with Gasteiger partial charge in [0.25, 0.3) is 0 Å². The van der Waals surface area contributed by atoms with Crippen LogP contribution < -0.4 is 0 Å². The topological polar surface area (TPSA) is 0 Å². The molecule has 0 radical (unpaired) electrons. The van der Waals surface area contributed by atoms with Gasteiger partial charge in [-0.2, -0.15) is 0 Å². The molecule has 1 rings (SSSR count). The zero-order valence-corrected chi connectivity index (χ0v) is 9.38. The number of benzene rings is 1. The Morgan fingerprint density at radius 1 is 1.10 bits per heavy atom. The van der Waals surface area contributed by atoms with Gasteiger partial charge in [0.05, 0.1) is 0 Å². The first-order chi connectivity index (χ1) is 4.72. The van der Waals surface area contributed by atoms with Crippen LogP contribution in [0.3, 0.4) is 0 Å². The van der Waals surface area contributed by atoms with Gasteiger partial charge in [0.15, 0.2) is 0 Å². The molecule has 0 bridgehead atoms. The molecule has 2 heteroatoms. The molecule has 0 saturated heterocycles. The van der Waals surface area contributed by atoms with E-state index in [9.17, 15) is 0 Å². The lowest BCUT2D eigenvalue weighted by atomic mass is 10.2. The van der Waals surface area contributed by atoms with Crippen molar-refractivity contribution in [3.8, 4) is 12.3 Å². The molecule has 0 heterocycles. The van der Waals surface area contributed by atoms with Crippen molar-refractivity contribution >= 4 is 45.2 Å². The van der Waals surface area contributed by atoms with Crippen LogP contribution in [0.2, 0.25) is 0 Å². The molecule has 0 nitrogen and oxygen atoms in total. The largest absolute Gasteiger partial charge is 0.115 e. The van der Waals surface area contributed by atoms with E-state index in [-0.39, 0.29) is 0 Å². The average Bonchev–Trinajstić information content (AvgIpc) is 1.85. The summed E-state index contributed by atoms with van der Waals surface area (Å²) in [4.78, 5) is 0. The van der Waals surface area contributed by atoms with Gasteiger partial charge in [-0.3, -0.25) is 0 Å². The van der Waals surface area contributed by atoms with Crippen LogP contribution in [-0.2, 0) is 0 Å². The van der Waals surface area contributed by atoms with Crippen LogP contribution in [0.5, 0.6) is 0 Å². The molecule has 0 amide bonds. The molecular formula is C8H4I2. The van der Waals surface area contributed by atoms with Crippen LogP contribution >= 0.6 is 45.2 Å². The minimum atomic E-state index is 0.955. The highest BCUT2D eigenvalue weighted by Crippen LogP contribution is 2.13. The maximum Gasteiger partial charge on any atom is 0.0263 e. The predicted octanol–water partition coefficient (Wildman–Crippen LogP) is 2.88. The minimum Gasteiger partial charge on any atom is -0.115 e. The second-order valence-electron chi connectivity index (χ2n) is 1.80. The van der Waals surface area contributed by atoms with E-state index >= 15 is 0 Å². The van der Waals surface area contributed by atoms with Gasteiger partial charge in [-0.1, -0.05) is 5.92 Å². The number of rotatable bonds is 0. The maximum absolute atomic E-state index is 5.23. The maximum atomic E-state index is 5.23. The third-order valence-corrected chi connectivity index (χ3v) is 2.27. The summed E-state index contributed by atoms with van der Waals surface area (Å²) in [6.45, 7) is 0. The van der Waals surface area contributed by atoms with Gasteiger partial charge >= 0.3 is 0 Å². The lowest BCUT2D eigenvalue weighted by Crippen LogP contribution is -1.79. The summed E-state index contributed by atoms with van der Waals surface area (Å²) in [5.41, 5.74) is 0.955. The first-order valence-electron chi connectivity index (χ1n) is 2.65. The van der Waals surface area contributed by atoms with Crippen molar-refractivity contribution in [3.63, 3.8) is 0 Å². The Morgan fingerprint density at radius 3 is 2.00 bits per heavy atom. The zero-order valence-electron chi connectivity index (χ0n) is 5.07. The van der Waals surface area contributed by atoms with Gasteiger partial charge in [-0.15, -0.1) is 6.42 Å². The molecule has 1 aromatic rings. The third kappa shape index (κ3) is 2.13. The molecule has 0 N–H and O–H groups in total. The molecule has 0 aliphatic heterocycles. The highest BCUT2D eigenvalue weighted by Gasteiger charge is 1.92. The Labute approximate surface area is 87.7 Å². The van der Waals surface area contributed by atoms with Crippen LogP contribution in [0.1, 0.15) is 5.56 Å². The van der Waals surface area contributed by atoms with Crippen molar-refractivity contribution < 1.29 is 0 Å². The Kier molecular flexibility index (Phi) is 2.98. The molecular weight excluding hydrogens is 350 g/mol. The normalized spacial score (nSPS) is 8.90. The highest BCUT2D eigenvalue weighted by atomic mass is 127. The van der Waals surface area contributed by atoms with E-state index in [0.717, 1.165) is 5.56 Å². The summed E-state index contributed by atoms with van der Waals surface area (Å²) in [5, 5.41) is 0. The number of halogens is 2. The van der Waals surface area contributed by atoms with Crippen molar-refractivity contribution in [1.82, 2.24) is 0 Å². The summed E-state index contributed by atoms with van der Waals surface area (Å²) in [7, 11) is 0. The van der Waals surface area contributed by atoms with Gasteiger partial charge in [0, 0.05) is 12.7 Å². The van der Waals surface area contributed by atoms with Crippen LogP contribution in [0.4, 0.5) is 0 Å². The summed E-state index contributed by atoms with van der Waals surface area (Å²) in [6.07, 6.45) is 5.23. The quantitative estimate of drug-likeness (QED) is 0.497. The molecule has 0 fully saturated rings. The average molecular weight is 354 g/mol. The van der Waals surface area contributed by atoms with Crippen LogP contribution in [-0.4, -0.2) is 0 Å². The third-order valence-electron chi connectivity index (χ3n) is 1.03. The van der Waals surface area contributed by atoms with Gasteiger partial charge in [-0.25, -0.2) is 0 Å². The van der Waals surface area contributed by atoms with Gasteiger partial charge < -0.3 is 0 Å². The lowest BCUT2D eigenvalue weighted by Gasteiger charge is -1.93. The summed E-state index contributed by atoms with van der Waals surface area (Å²) < 4.78 is 2.38. The molecule has 0 aliphatic carbocycles. The minimum absolute atomic E-state index is 0.955. The Balaban J connectivity index is 3.22. The Bertz CT molecular complexity index is 264. The number of hydrogen-bond donors (Lipinski definition) is 0. The number of terminal acetylenes is 1. The fourth-order valence-corrected chi connectivity index (χ4v) is 2.58. The standard InChI is InChI=1S/C8H4I2/c1-2-6-3-7(9)5-8(10)4-6/h1,3-5H. The van der Waals surface area contributed by atoms with Crippen LogP contribution in [0, 0.1) is 19.5 Å². The first kappa shape index (κ1) is 8.34. The van der Waals surface area contributed by atoms with Crippen molar-refractivity contribution in [3.05, 3.63) is 30.9 Å². The van der Waals surface area contributed by atoms with Gasteiger partial charge in [0.2, 0.25) is 0 Å². The summed E-state index contributed by atoms with van der Waals surface area (Å²) in [6, 6.07) is 6.06.